The van der Waals surface area contributed by atoms with Crippen LogP contribution < -0.4 is 0 Å². The van der Waals surface area contributed by atoms with Gasteiger partial charge >= 0.3 is 0 Å². The Morgan fingerprint density at radius 2 is 2.00 bits per heavy atom. The van der Waals surface area contributed by atoms with E-state index in [4.69, 9.17) is 26.9 Å². The quantitative estimate of drug-likeness (QED) is 0.353. The first kappa shape index (κ1) is 9.84. The van der Waals surface area contributed by atoms with Crippen molar-refractivity contribution < 1.29 is 20.1 Å². The summed E-state index contributed by atoms with van der Waals surface area (Å²) in [6.45, 7) is -0.613. The van der Waals surface area contributed by atoms with Crippen molar-refractivity contribution in [1.82, 2.24) is 0 Å². The predicted octanol–water partition coefficient (Wildman–Crippen LogP) is -1.49. The van der Waals surface area contributed by atoms with Gasteiger partial charge in [0.25, 0.3) is 0 Å². The van der Waals surface area contributed by atoms with E-state index in [0.29, 0.717) is 6.29 Å². The number of hydrogen-bond acceptors (Lipinski definition) is 4. The predicted molar refractivity (Wildman–Crippen MR) is 34.8 cm³/mol. The Morgan fingerprint density at radius 1 is 1.50 bits per heavy atom. The van der Waals surface area contributed by atoms with Crippen LogP contribution in [0.15, 0.2) is 0 Å². The van der Waals surface area contributed by atoms with Crippen LogP contribution in [0.2, 0.25) is 0 Å². The van der Waals surface area contributed by atoms with Crippen molar-refractivity contribution in [2.24, 2.45) is 0 Å². The first-order chi connectivity index (χ1) is 4.63. The summed E-state index contributed by atoms with van der Waals surface area (Å²) in [5, 5.41) is 24.6. The third kappa shape index (κ3) is 2.62. The number of halogens is 1. The molecule has 60 valence electrons. The molecule has 0 fully saturated rings. The van der Waals surface area contributed by atoms with E-state index < -0.39 is 24.2 Å². The third-order valence-corrected chi connectivity index (χ3v) is 1.40. The SMILES string of the molecule is O=C[C@H](Cl)[C@@H](O)[C@H](O)CO. The lowest BCUT2D eigenvalue weighted by Crippen LogP contribution is -2.37. The fourth-order valence-electron chi connectivity index (χ4n) is 0.401. The van der Waals surface area contributed by atoms with Crippen molar-refractivity contribution in [3.8, 4) is 0 Å². The van der Waals surface area contributed by atoms with E-state index in [1.54, 1.807) is 0 Å². The molecule has 0 bridgehead atoms. The topological polar surface area (TPSA) is 77.8 Å². The van der Waals surface area contributed by atoms with E-state index in [-0.39, 0.29) is 0 Å². The molecule has 0 rings (SSSR count). The number of aldehydes is 1. The van der Waals surface area contributed by atoms with Crippen LogP contribution in [0.4, 0.5) is 0 Å². The molecule has 4 nitrogen and oxygen atoms in total. The molecule has 10 heavy (non-hydrogen) atoms. The van der Waals surface area contributed by atoms with Crippen LogP contribution >= 0.6 is 11.6 Å². The van der Waals surface area contributed by atoms with E-state index in [0.717, 1.165) is 0 Å². The number of aliphatic hydroxyl groups excluding tert-OH is 3. The first-order valence-corrected chi connectivity index (χ1v) is 3.13. The first-order valence-electron chi connectivity index (χ1n) is 2.69. The normalized spacial score (nSPS) is 19.6. The Bertz CT molecular complexity index is 108. The summed E-state index contributed by atoms with van der Waals surface area (Å²) in [7, 11) is 0. The molecule has 0 aromatic rings. The highest BCUT2D eigenvalue weighted by Crippen LogP contribution is 2.03. The van der Waals surface area contributed by atoms with Crippen molar-refractivity contribution in [2.45, 2.75) is 17.6 Å². The van der Waals surface area contributed by atoms with Gasteiger partial charge in [-0.1, -0.05) is 0 Å². The maximum atomic E-state index is 9.88. The number of carbonyl (C=O) groups excluding carboxylic acids is 1. The van der Waals surface area contributed by atoms with E-state index in [1.807, 2.05) is 0 Å². The number of alkyl halides is 1. The van der Waals surface area contributed by atoms with Crippen LogP contribution in [0, 0.1) is 0 Å². The van der Waals surface area contributed by atoms with Gasteiger partial charge in [0.05, 0.1) is 6.61 Å². The standard InChI is InChI=1S/C5H9ClO4/c6-3(1-7)5(10)4(9)2-8/h1,3-5,8-10H,2H2/t3-,4+,5+/m0/s1. The summed E-state index contributed by atoms with van der Waals surface area (Å²) in [5.74, 6) is 0. The molecule has 5 heteroatoms. The zero-order chi connectivity index (χ0) is 8.15. The fraction of sp³-hybridized carbons (Fsp3) is 0.800. The summed E-state index contributed by atoms with van der Waals surface area (Å²) in [5.41, 5.74) is 0. The molecule has 0 radical (unpaired) electrons. The van der Waals surface area contributed by atoms with Gasteiger partial charge in [-0.2, -0.15) is 0 Å². The lowest BCUT2D eigenvalue weighted by Gasteiger charge is -2.15. The van der Waals surface area contributed by atoms with Gasteiger partial charge in [-0.05, 0) is 0 Å². The second kappa shape index (κ2) is 4.62. The molecular formula is C5H9ClO4. The molecule has 0 unspecified atom stereocenters. The highest BCUT2D eigenvalue weighted by atomic mass is 35.5. The van der Waals surface area contributed by atoms with Gasteiger partial charge in [0.1, 0.15) is 23.9 Å². The molecule has 0 aromatic heterocycles. The average molecular weight is 169 g/mol. The van der Waals surface area contributed by atoms with Crippen LogP contribution in [0.3, 0.4) is 0 Å². The van der Waals surface area contributed by atoms with Gasteiger partial charge < -0.3 is 20.1 Å². The molecule has 0 saturated carbocycles. The molecule has 0 aliphatic heterocycles. The Labute approximate surface area is 63.0 Å². The van der Waals surface area contributed by atoms with E-state index in [2.05, 4.69) is 0 Å². The fourth-order valence-corrected chi connectivity index (χ4v) is 0.569. The van der Waals surface area contributed by atoms with Gasteiger partial charge in [-0.3, -0.25) is 0 Å². The highest BCUT2D eigenvalue weighted by Gasteiger charge is 2.23. The Balaban J connectivity index is 3.80. The van der Waals surface area contributed by atoms with Crippen LogP contribution in [0.1, 0.15) is 0 Å². The average Bonchev–Trinajstić information content (AvgIpc) is 2.00. The molecule has 3 atom stereocenters. The molecule has 0 saturated heterocycles. The minimum Gasteiger partial charge on any atom is -0.394 e. The number of carbonyl (C=O) groups is 1. The Morgan fingerprint density at radius 3 is 2.30 bits per heavy atom. The molecule has 0 amide bonds. The van der Waals surface area contributed by atoms with E-state index >= 15 is 0 Å². The molecule has 0 aliphatic carbocycles. The van der Waals surface area contributed by atoms with Crippen molar-refractivity contribution in [2.75, 3.05) is 6.61 Å². The van der Waals surface area contributed by atoms with Gasteiger partial charge in [-0.15, -0.1) is 11.6 Å². The molecular weight excluding hydrogens is 160 g/mol. The maximum Gasteiger partial charge on any atom is 0.140 e. The molecule has 0 heterocycles. The second-order valence-corrected chi connectivity index (χ2v) is 2.32. The van der Waals surface area contributed by atoms with Crippen LogP contribution in [-0.4, -0.2) is 45.8 Å². The second-order valence-electron chi connectivity index (χ2n) is 1.82. The summed E-state index contributed by atoms with van der Waals surface area (Å²) < 4.78 is 0. The third-order valence-electron chi connectivity index (χ3n) is 1.04. The lowest BCUT2D eigenvalue weighted by atomic mass is 10.1. The van der Waals surface area contributed by atoms with Crippen molar-refractivity contribution in [3.05, 3.63) is 0 Å². The molecule has 0 aromatic carbocycles. The van der Waals surface area contributed by atoms with Crippen LogP contribution in [0.25, 0.3) is 0 Å². The van der Waals surface area contributed by atoms with Crippen LogP contribution in [-0.2, 0) is 4.79 Å². The molecule has 0 aliphatic rings. The summed E-state index contributed by atoms with van der Waals surface area (Å²) >= 11 is 5.20. The van der Waals surface area contributed by atoms with Crippen molar-refractivity contribution in [1.29, 1.82) is 0 Å². The summed E-state index contributed by atoms with van der Waals surface area (Å²) in [4.78, 5) is 9.88. The number of rotatable bonds is 4. The zero-order valence-corrected chi connectivity index (χ0v) is 5.90. The smallest absolute Gasteiger partial charge is 0.140 e. The largest absolute Gasteiger partial charge is 0.394 e. The molecule has 3 N–H and O–H groups in total. The van der Waals surface area contributed by atoms with Crippen molar-refractivity contribution in [3.63, 3.8) is 0 Å². The van der Waals surface area contributed by atoms with Gasteiger partial charge in [-0.25, -0.2) is 0 Å². The van der Waals surface area contributed by atoms with Gasteiger partial charge in [0.2, 0.25) is 0 Å². The lowest BCUT2D eigenvalue weighted by molar-refractivity contribution is -0.111. The number of hydrogen-bond donors (Lipinski definition) is 3. The summed E-state index contributed by atoms with van der Waals surface area (Å²) in [6.07, 6.45) is -2.46. The van der Waals surface area contributed by atoms with Gasteiger partial charge in [0, 0.05) is 0 Å². The molecule has 0 spiro atoms. The zero-order valence-electron chi connectivity index (χ0n) is 5.14. The monoisotopic (exact) mass is 168 g/mol. The Hall–Kier alpha value is -0.160. The maximum absolute atomic E-state index is 9.88. The summed E-state index contributed by atoms with van der Waals surface area (Å²) in [6, 6.07) is 0. The Kier molecular flexibility index (Phi) is 4.55. The highest BCUT2D eigenvalue weighted by molar-refractivity contribution is 6.28. The minimum absolute atomic E-state index is 0.297. The number of aliphatic hydroxyl groups is 3. The van der Waals surface area contributed by atoms with Gasteiger partial charge in [0.15, 0.2) is 0 Å². The minimum atomic E-state index is -1.40. The van der Waals surface area contributed by atoms with Crippen molar-refractivity contribution >= 4 is 17.9 Å². The van der Waals surface area contributed by atoms with E-state index in [1.165, 1.54) is 0 Å². The van der Waals surface area contributed by atoms with Crippen LogP contribution in [0.5, 0.6) is 0 Å². The van der Waals surface area contributed by atoms with E-state index in [9.17, 15) is 4.79 Å².